The van der Waals surface area contributed by atoms with Gasteiger partial charge in [-0.05, 0) is 37.1 Å². The largest absolute Gasteiger partial charge is 0.334 e. The lowest BCUT2D eigenvalue weighted by molar-refractivity contribution is 0.413. The number of aromatic nitrogens is 2. The lowest BCUT2D eigenvalue weighted by Gasteiger charge is -2.02. The van der Waals surface area contributed by atoms with Gasteiger partial charge in [-0.25, -0.2) is 0 Å². The molecule has 18 heavy (non-hydrogen) atoms. The average molecular weight is 266 g/mol. The molecule has 2 N–H and O–H groups in total. The van der Waals surface area contributed by atoms with Crippen LogP contribution in [0.1, 0.15) is 37.2 Å². The first-order valence-corrected chi connectivity index (χ1v) is 6.34. The molecule has 5 heteroatoms. The maximum atomic E-state index is 6.00. The van der Waals surface area contributed by atoms with E-state index < -0.39 is 0 Å². The van der Waals surface area contributed by atoms with Gasteiger partial charge in [-0.1, -0.05) is 30.1 Å². The zero-order chi connectivity index (χ0) is 13.1. The standard InChI is InChI=1S/C13H16ClN3O/c1-3-4-11(15)12-16-13(18-17-12)9-5-8(2)6-10(14)7-9/h5-7,11H,3-4,15H2,1-2H3. The van der Waals surface area contributed by atoms with Crippen LogP contribution in [0.4, 0.5) is 0 Å². The second-order valence-corrected chi connectivity index (χ2v) is 4.81. The molecule has 0 spiro atoms. The number of hydrogen-bond donors (Lipinski definition) is 1. The van der Waals surface area contributed by atoms with E-state index in [0.29, 0.717) is 16.7 Å². The van der Waals surface area contributed by atoms with Crippen LogP contribution in [-0.2, 0) is 0 Å². The molecular formula is C13H16ClN3O. The average Bonchev–Trinajstić information content (AvgIpc) is 2.77. The van der Waals surface area contributed by atoms with Crippen LogP contribution in [0, 0.1) is 6.92 Å². The van der Waals surface area contributed by atoms with E-state index in [-0.39, 0.29) is 6.04 Å². The molecule has 1 heterocycles. The molecule has 2 rings (SSSR count). The molecule has 0 saturated carbocycles. The number of nitrogens with zero attached hydrogens (tertiary/aromatic N) is 2. The third kappa shape index (κ3) is 2.89. The van der Waals surface area contributed by atoms with Crippen LogP contribution in [0.5, 0.6) is 0 Å². The van der Waals surface area contributed by atoms with Gasteiger partial charge in [0.1, 0.15) is 0 Å². The Morgan fingerprint density at radius 3 is 2.83 bits per heavy atom. The summed E-state index contributed by atoms with van der Waals surface area (Å²) in [5.41, 5.74) is 7.82. The van der Waals surface area contributed by atoms with E-state index in [1.54, 1.807) is 6.07 Å². The zero-order valence-electron chi connectivity index (χ0n) is 10.5. The van der Waals surface area contributed by atoms with E-state index in [1.807, 2.05) is 19.1 Å². The Morgan fingerprint density at radius 1 is 1.39 bits per heavy atom. The highest BCUT2D eigenvalue weighted by Gasteiger charge is 2.15. The summed E-state index contributed by atoms with van der Waals surface area (Å²) in [5.74, 6) is 1.01. The summed E-state index contributed by atoms with van der Waals surface area (Å²) in [4.78, 5) is 4.32. The van der Waals surface area contributed by atoms with Crippen LogP contribution in [0.15, 0.2) is 22.7 Å². The quantitative estimate of drug-likeness (QED) is 0.919. The molecule has 0 bridgehead atoms. The van der Waals surface area contributed by atoms with Gasteiger partial charge in [0.25, 0.3) is 5.89 Å². The van der Waals surface area contributed by atoms with Crippen LogP contribution >= 0.6 is 11.6 Å². The van der Waals surface area contributed by atoms with E-state index in [9.17, 15) is 0 Å². The minimum absolute atomic E-state index is 0.173. The van der Waals surface area contributed by atoms with E-state index in [4.69, 9.17) is 21.9 Å². The SMILES string of the molecule is CCCC(N)c1noc(-c2cc(C)cc(Cl)c2)n1. The second-order valence-electron chi connectivity index (χ2n) is 4.37. The Hall–Kier alpha value is -1.39. The number of halogens is 1. The first kappa shape index (κ1) is 13.1. The monoisotopic (exact) mass is 265 g/mol. The first-order chi connectivity index (χ1) is 8.60. The highest BCUT2D eigenvalue weighted by molar-refractivity contribution is 6.30. The maximum absolute atomic E-state index is 6.00. The summed E-state index contributed by atoms with van der Waals surface area (Å²) in [5, 5.41) is 4.57. The van der Waals surface area contributed by atoms with Crippen molar-refractivity contribution in [1.82, 2.24) is 10.1 Å². The number of hydrogen-bond acceptors (Lipinski definition) is 4. The minimum atomic E-state index is -0.173. The Kier molecular flexibility index (Phi) is 3.99. The van der Waals surface area contributed by atoms with Crippen molar-refractivity contribution < 1.29 is 4.52 Å². The van der Waals surface area contributed by atoms with Crippen molar-refractivity contribution in [2.24, 2.45) is 5.73 Å². The molecule has 1 aromatic carbocycles. The van der Waals surface area contributed by atoms with E-state index >= 15 is 0 Å². The fourth-order valence-corrected chi connectivity index (χ4v) is 2.09. The molecule has 0 fully saturated rings. The Morgan fingerprint density at radius 2 is 2.17 bits per heavy atom. The Bertz CT molecular complexity index is 519. The lowest BCUT2D eigenvalue weighted by Crippen LogP contribution is -2.11. The van der Waals surface area contributed by atoms with Gasteiger partial charge in [0.15, 0.2) is 5.82 Å². The number of nitrogens with two attached hydrogens (primary N) is 1. The zero-order valence-corrected chi connectivity index (χ0v) is 11.2. The van der Waals surface area contributed by atoms with Gasteiger partial charge in [-0.15, -0.1) is 0 Å². The van der Waals surface area contributed by atoms with Crippen LogP contribution in [0.2, 0.25) is 5.02 Å². The summed E-state index contributed by atoms with van der Waals surface area (Å²) >= 11 is 6.00. The van der Waals surface area contributed by atoms with Crippen molar-refractivity contribution in [2.45, 2.75) is 32.7 Å². The van der Waals surface area contributed by atoms with Crippen LogP contribution in [-0.4, -0.2) is 10.1 Å². The molecule has 1 atom stereocenters. The van der Waals surface area contributed by atoms with Crippen molar-refractivity contribution in [3.63, 3.8) is 0 Å². The van der Waals surface area contributed by atoms with Crippen molar-refractivity contribution in [2.75, 3.05) is 0 Å². The van der Waals surface area contributed by atoms with Gasteiger partial charge in [0, 0.05) is 10.6 Å². The molecule has 0 aliphatic carbocycles. The summed E-state index contributed by atoms with van der Waals surface area (Å²) < 4.78 is 5.23. The Balaban J connectivity index is 2.29. The van der Waals surface area contributed by atoms with Crippen molar-refractivity contribution in [1.29, 1.82) is 0 Å². The fourth-order valence-electron chi connectivity index (χ4n) is 1.80. The number of aryl methyl sites for hydroxylation is 1. The molecule has 1 aromatic heterocycles. The van der Waals surface area contributed by atoms with Crippen molar-refractivity contribution in [3.8, 4) is 11.5 Å². The van der Waals surface area contributed by atoms with Crippen molar-refractivity contribution in [3.05, 3.63) is 34.6 Å². The van der Waals surface area contributed by atoms with Crippen molar-refractivity contribution >= 4 is 11.6 Å². The first-order valence-electron chi connectivity index (χ1n) is 5.97. The summed E-state index contributed by atoms with van der Waals surface area (Å²) in [7, 11) is 0. The van der Waals surface area contributed by atoms with E-state index in [2.05, 4.69) is 17.1 Å². The highest BCUT2D eigenvalue weighted by atomic mass is 35.5. The predicted molar refractivity (Wildman–Crippen MR) is 71.3 cm³/mol. The smallest absolute Gasteiger partial charge is 0.258 e. The Labute approximate surface area is 111 Å². The molecule has 0 aliphatic rings. The lowest BCUT2D eigenvalue weighted by atomic mass is 10.1. The maximum Gasteiger partial charge on any atom is 0.258 e. The molecule has 0 amide bonds. The molecule has 4 nitrogen and oxygen atoms in total. The van der Waals surface area contributed by atoms with Gasteiger partial charge >= 0.3 is 0 Å². The topological polar surface area (TPSA) is 64.9 Å². The molecular weight excluding hydrogens is 250 g/mol. The van der Waals surface area contributed by atoms with Gasteiger partial charge in [0.05, 0.1) is 6.04 Å². The van der Waals surface area contributed by atoms with Crippen LogP contribution in [0.25, 0.3) is 11.5 Å². The van der Waals surface area contributed by atoms with E-state index in [0.717, 1.165) is 24.0 Å². The summed E-state index contributed by atoms with van der Waals surface area (Å²) in [6.07, 6.45) is 1.83. The number of benzene rings is 1. The van der Waals surface area contributed by atoms with Gasteiger partial charge in [0.2, 0.25) is 0 Å². The minimum Gasteiger partial charge on any atom is -0.334 e. The van der Waals surface area contributed by atoms with Gasteiger partial charge in [-0.2, -0.15) is 4.98 Å². The van der Waals surface area contributed by atoms with Gasteiger partial charge in [-0.3, -0.25) is 0 Å². The predicted octanol–water partition coefficient (Wildman–Crippen LogP) is 3.50. The van der Waals surface area contributed by atoms with E-state index in [1.165, 1.54) is 0 Å². The molecule has 96 valence electrons. The fraction of sp³-hybridized carbons (Fsp3) is 0.385. The third-order valence-electron chi connectivity index (χ3n) is 2.66. The molecule has 0 radical (unpaired) electrons. The summed E-state index contributed by atoms with van der Waals surface area (Å²) in [6.45, 7) is 4.04. The normalized spacial score (nSPS) is 12.7. The second kappa shape index (κ2) is 5.50. The third-order valence-corrected chi connectivity index (χ3v) is 2.88. The van der Waals surface area contributed by atoms with Crippen LogP contribution in [0.3, 0.4) is 0 Å². The number of rotatable bonds is 4. The van der Waals surface area contributed by atoms with Gasteiger partial charge < -0.3 is 10.3 Å². The molecule has 2 aromatic rings. The highest BCUT2D eigenvalue weighted by Crippen LogP contribution is 2.24. The molecule has 0 aliphatic heterocycles. The molecule has 1 unspecified atom stereocenters. The summed E-state index contributed by atoms with van der Waals surface area (Å²) in [6, 6.07) is 5.46. The van der Waals surface area contributed by atoms with Crippen LogP contribution < -0.4 is 5.73 Å². The molecule has 0 saturated heterocycles.